The van der Waals surface area contributed by atoms with Gasteiger partial charge in [0.05, 0.1) is 5.71 Å². The van der Waals surface area contributed by atoms with Crippen molar-refractivity contribution in [1.82, 2.24) is 4.90 Å². The Morgan fingerprint density at radius 1 is 1.29 bits per heavy atom. The molecule has 1 saturated heterocycles. The molecule has 3 atom stereocenters. The largest absolute Gasteiger partial charge is 0.591 e. The van der Waals surface area contributed by atoms with E-state index >= 15 is 0 Å². The van der Waals surface area contributed by atoms with Crippen LogP contribution in [-0.4, -0.2) is 44.7 Å². The number of rotatable bonds is 3. The van der Waals surface area contributed by atoms with Gasteiger partial charge in [0.1, 0.15) is 21.7 Å². The molecule has 5 nitrogen and oxygen atoms in total. The molecular formula is C18H34N2O3S. The third-order valence-electron chi connectivity index (χ3n) is 4.20. The fourth-order valence-electron chi connectivity index (χ4n) is 2.82. The molecule has 0 aromatic heterocycles. The van der Waals surface area contributed by atoms with Crippen LogP contribution in [0.25, 0.3) is 0 Å². The van der Waals surface area contributed by atoms with Gasteiger partial charge >= 0.3 is 6.09 Å². The molecule has 1 amide bonds. The molecule has 0 aliphatic carbocycles. The van der Waals surface area contributed by atoms with Crippen LogP contribution < -0.4 is 0 Å². The third-order valence-corrected chi connectivity index (χ3v) is 5.70. The number of hydrogen-bond acceptors (Lipinski definition) is 4. The molecule has 1 unspecified atom stereocenters. The van der Waals surface area contributed by atoms with E-state index < -0.39 is 17.0 Å². The van der Waals surface area contributed by atoms with Crippen LogP contribution in [0.15, 0.2) is 4.40 Å². The summed E-state index contributed by atoms with van der Waals surface area (Å²) in [6, 6.07) is 0. The Morgan fingerprint density at radius 2 is 1.88 bits per heavy atom. The fraction of sp³-hybridized carbons (Fsp3) is 0.889. The Balaban J connectivity index is 2.79. The molecule has 0 bridgehead atoms. The average Bonchev–Trinajstić information content (AvgIpc) is 2.43. The maximum atomic E-state index is 12.3. The van der Waals surface area contributed by atoms with Crippen LogP contribution in [0.5, 0.6) is 0 Å². The number of amides is 1. The SMILES string of the molecule is CC[C@@H]1CN(C(=O)OC(C)(C)C)CC[C@@H]1C(C)=N[S+]([O-])C(C)(C)C. The van der Waals surface area contributed by atoms with E-state index in [1.165, 1.54) is 0 Å². The highest BCUT2D eigenvalue weighted by Gasteiger charge is 2.35. The van der Waals surface area contributed by atoms with E-state index in [1.807, 2.05) is 48.5 Å². The molecule has 140 valence electrons. The quantitative estimate of drug-likeness (QED) is 0.561. The Bertz CT molecular complexity index is 466. The number of ether oxygens (including phenoxy) is 1. The maximum Gasteiger partial charge on any atom is 0.410 e. The number of piperidine rings is 1. The summed E-state index contributed by atoms with van der Waals surface area (Å²) in [5.41, 5.74) is 0.468. The van der Waals surface area contributed by atoms with E-state index in [4.69, 9.17) is 4.74 Å². The van der Waals surface area contributed by atoms with Gasteiger partial charge in [0.15, 0.2) is 0 Å². The minimum absolute atomic E-state index is 0.243. The van der Waals surface area contributed by atoms with Crippen LogP contribution in [0.4, 0.5) is 4.79 Å². The Hall–Kier alpha value is -0.750. The van der Waals surface area contributed by atoms with Crippen molar-refractivity contribution in [1.29, 1.82) is 0 Å². The predicted octanol–water partition coefficient (Wildman–Crippen LogP) is 4.19. The average molecular weight is 359 g/mol. The summed E-state index contributed by atoms with van der Waals surface area (Å²) in [6.45, 7) is 16.9. The summed E-state index contributed by atoms with van der Waals surface area (Å²) >= 11 is -1.23. The number of carbonyl (C=O) groups is 1. The molecule has 1 rings (SSSR count). The van der Waals surface area contributed by atoms with Crippen LogP contribution in [0.3, 0.4) is 0 Å². The summed E-state index contributed by atoms with van der Waals surface area (Å²) in [6.07, 6.45) is 1.56. The molecule has 1 heterocycles. The highest BCUT2D eigenvalue weighted by atomic mass is 32.2. The van der Waals surface area contributed by atoms with E-state index in [2.05, 4.69) is 11.3 Å². The lowest BCUT2D eigenvalue weighted by Gasteiger charge is -2.38. The first-order valence-electron chi connectivity index (χ1n) is 8.80. The monoisotopic (exact) mass is 358 g/mol. The second-order valence-electron chi connectivity index (χ2n) is 8.58. The first kappa shape index (κ1) is 21.3. The highest BCUT2D eigenvalue weighted by Crippen LogP contribution is 2.30. The van der Waals surface area contributed by atoms with Gasteiger partial charge in [0, 0.05) is 19.0 Å². The molecule has 0 aromatic rings. The third kappa shape index (κ3) is 6.28. The predicted molar refractivity (Wildman–Crippen MR) is 101 cm³/mol. The Kier molecular flexibility index (Phi) is 7.17. The Labute approximate surface area is 150 Å². The molecular weight excluding hydrogens is 324 g/mol. The molecule has 0 saturated carbocycles. The number of carbonyl (C=O) groups excluding carboxylic acids is 1. The lowest BCUT2D eigenvalue weighted by Crippen LogP contribution is -2.47. The van der Waals surface area contributed by atoms with Crippen LogP contribution in [-0.2, 0) is 16.1 Å². The second-order valence-corrected chi connectivity index (χ2v) is 10.5. The van der Waals surface area contributed by atoms with E-state index in [0.29, 0.717) is 19.0 Å². The maximum absolute atomic E-state index is 12.3. The van der Waals surface area contributed by atoms with Crippen molar-refractivity contribution < 1.29 is 14.1 Å². The van der Waals surface area contributed by atoms with Gasteiger partial charge < -0.3 is 14.2 Å². The second kappa shape index (κ2) is 8.09. The standard InChI is InChI=1S/C18H34N2O3S/c1-9-14-12-20(16(21)23-17(3,4)5)11-10-15(14)13(2)19-24(22)18(6,7)8/h14-15H,9-12H2,1-8H3/t14-,15-,24?/m1/s1. The van der Waals surface area contributed by atoms with Crippen molar-refractivity contribution in [2.75, 3.05) is 13.1 Å². The minimum atomic E-state index is -1.23. The van der Waals surface area contributed by atoms with Gasteiger partial charge in [-0.1, -0.05) is 17.7 Å². The molecule has 24 heavy (non-hydrogen) atoms. The number of likely N-dealkylation sites (tertiary alicyclic amines) is 1. The van der Waals surface area contributed by atoms with Crippen molar-refractivity contribution in [3.05, 3.63) is 0 Å². The van der Waals surface area contributed by atoms with E-state index in [-0.39, 0.29) is 16.8 Å². The zero-order valence-electron chi connectivity index (χ0n) is 16.5. The topological polar surface area (TPSA) is 65.0 Å². The molecule has 1 aliphatic heterocycles. The first-order valence-corrected chi connectivity index (χ1v) is 9.91. The minimum Gasteiger partial charge on any atom is -0.591 e. The van der Waals surface area contributed by atoms with Gasteiger partial charge in [-0.2, -0.15) is 0 Å². The lowest BCUT2D eigenvalue weighted by molar-refractivity contribution is 0.0136. The lowest BCUT2D eigenvalue weighted by atomic mass is 9.81. The van der Waals surface area contributed by atoms with Gasteiger partial charge in [-0.05, 0) is 60.8 Å². The van der Waals surface area contributed by atoms with Gasteiger partial charge in [-0.25, -0.2) is 4.79 Å². The molecule has 1 aliphatic rings. The van der Waals surface area contributed by atoms with Crippen molar-refractivity contribution in [3.63, 3.8) is 0 Å². The van der Waals surface area contributed by atoms with Crippen molar-refractivity contribution in [2.24, 2.45) is 16.2 Å². The zero-order chi connectivity index (χ0) is 18.7. The van der Waals surface area contributed by atoms with Gasteiger partial charge in [0.25, 0.3) is 0 Å². The summed E-state index contributed by atoms with van der Waals surface area (Å²) in [5, 5.41) is 0. The molecule has 6 heteroatoms. The summed E-state index contributed by atoms with van der Waals surface area (Å²) < 4.78 is 21.9. The van der Waals surface area contributed by atoms with Crippen molar-refractivity contribution in [3.8, 4) is 0 Å². The number of hydrogen-bond donors (Lipinski definition) is 0. The summed E-state index contributed by atoms with van der Waals surface area (Å²) in [5.74, 6) is 0.604. The van der Waals surface area contributed by atoms with Crippen molar-refractivity contribution >= 4 is 23.2 Å². The van der Waals surface area contributed by atoms with E-state index in [9.17, 15) is 9.35 Å². The molecule has 0 aromatic carbocycles. The van der Waals surface area contributed by atoms with Gasteiger partial charge in [0.2, 0.25) is 0 Å². The van der Waals surface area contributed by atoms with Crippen LogP contribution in [0, 0.1) is 11.8 Å². The summed E-state index contributed by atoms with van der Waals surface area (Å²) in [4.78, 5) is 14.1. The number of nitrogens with zero attached hydrogens (tertiary/aromatic N) is 2. The Morgan fingerprint density at radius 3 is 2.33 bits per heavy atom. The smallest absolute Gasteiger partial charge is 0.410 e. The highest BCUT2D eigenvalue weighted by molar-refractivity contribution is 7.91. The first-order chi connectivity index (χ1) is 10.8. The molecule has 0 spiro atoms. The van der Waals surface area contributed by atoms with Gasteiger partial charge in [-0.3, -0.25) is 0 Å². The van der Waals surface area contributed by atoms with E-state index in [0.717, 1.165) is 18.6 Å². The fourth-order valence-corrected chi connectivity index (χ4v) is 3.49. The zero-order valence-corrected chi connectivity index (χ0v) is 17.3. The molecule has 0 N–H and O–H groups in total. The molecule has 0 radical (unpaired) electrons. The van der Waals surface area contributed by atoms with Crippen LogP contribution in [0.2, 0.25) is 0 Å². The molecule has 1 fully saturated rings. The summed E-state index contributed by atoms with van der Waals surface area (Å²) in [7, 11) is 0. The van der Waals surface area contributed by atoms with Crippen LogP contribution >= 0.6 is 0 Å². The normalized spacial score (nSPS) is 24.7. The van der Waals surface area contributed by atoms with Crippen LogP contribution in [0.1, 0.15) is 68.2 Å². The van der Waals surface area contributed by atoms with Gasteiger partial charge in [-0.15, -0.1) is 0 Å². The van der Waals surface area contributed by atoms with Crippen molar-refractivity contribution in [2.45, 2.75) is 78.6 Å². The van der Waals surface area contributed by atoms with E-state index in [1.54, 1.807) is 4.90 Å².